The van der Waals surface area contributed by atoms with E-state index >= 15 is 0 Å². The fraction of sp³-hybridized carbons (Fsp3) is 0.545. The number of nitrogens with one attached hydrogen (secondary N) is 1. The summed E-state index contributed by atoms with van der Waals surface area (Å²) in [4.78, 5) is 21.0. The SMILES string of the molecule is CCc1ccc(CN2CCc3c(C(=O)NC[C@@H]4CC4(C)C)csc3C2)nc1. The van der Waals surface area contributed by atoms with Crippen molar-refractivity contribution in [1.82, 2.24) is 15.2 Å². The first-order chi connectivity index (χ1) is 13.0. The van der Waals surface area contributed by atoms with Gasteiger partial charge in [0, 0.05) is 42.6 Å². The van der Waals surface area contributed by atoms with Crippen LogP contribution in [-0.4, -0.2) is 28.9 Å². The second kappa shape index (κ2) is 7.36. The molecule has 1 N–H and O–H groups in total. The maximum absolute atomic E-state index is 12.6. The zero-order valence-corrected chi connectivity index (χ0v) is 17.4. The molecule has 1 atom stereocenters. The van der Waals surface area contributed by atoms with Crippen LogP contribution in [0.5, 0.6) is 0 Å². The number of thiophene rings is 1. The Labute approximate surface area is 166 Å². The summed E-state index contributed by atoms with van der Waals surface area (Å²) in [6.45, 7) is 10.3. The van der Waals surface area contributed by atoms with Crippen LogP contribution in [0.2, 0.25) is 0 Å². The lowest BCUT2D eigenvalue weighted by Gasteiger charge is -2.27. The van der Waals surface area contributed by atoms with Crippen LogP contribution in [-0.2, 0) is 25.9 Å². The Morgan fingerprint density at radius 3 is 2.89 bits per heavy atom. The summed E-state index contributed by atoms with van der Waals surface area (Å²) in [6, 6.07) is 4.31. The first kappa shape index (κ1) is 18.6. The van der Waals surface area contributed by atoms with Gasteiger partial charge in [0.1, 0.15) is 0 Å². The van der Waals surface area contributed by atoms with Gasteiger partial charge in [-0.1, -0.05) is 26.8 Å². The van der Waals surface area contributed by atoms with Crippen molar-refractivity contribution < 1.29 is 4.79 Å². The molecule has 0 aromatic carbocycles. The van der Waals surface area contributed by atoms with E-state index in [2.05, 4.69) is 53.5 Å². The largest absolute Gasteiger partial charge is 0.352 e. The molecule has 0 radical (unpaired) electrons. The standard InChI is InChI=1S/C22H29N3OS/c1-4-15-5-6-17(23-10-15)12-25-8-7-18-19(14-27-20(18)13-25)21(26)24-11-16-9-22(16,2)3/h5-6,10,14,16H,4,7-9,11-13H2,1-3H3,(H,24,26)/t16-/m0/s1. The Bertz CT molecular complexity index is 825. The Balaban J connectivity index is 1.35. The number of nitrogens with zero attached hydrogens (tertiary/aromatic N) is 2. The minimum absolute atomic E-state index is 0.112. The molecule has 1 aliphatic carbocycles. The van der Waals surface area contributed by atoms with Crippen LogP contribution in [0.3, 0.4) is 0 Å². The van der Waals surface area contributed by atoms with Gasteiger partial charge in [0.25, 0.3) is 5.91 Å². The van der Waals surface area contributed by atoms with E-state index in [1.165, 1.54) is 22.4 Å². The summed E-state index contributed by atoms with van der Waals surface area (Å²) in [5.74, 6) is 0.749. The van der Waals surface area contributed by atoms with Crippen molar-refractivity contribution in [3.63, 3.8) is 0 Å². The number of carbonyl (C=O) groups excluding carboxylic acids is 1. The van der Waals surface area contributed by atoms with E-state index in [0.717, 1.165) is 50.3 Å². The van der Waals surface area contributed by atoms with Crippen LogP contribution in [0.15, 0.2) is 23.7 Å². The van der Waals surface area contributed by atoms with E-state index < -0.39 is 0 Å². The molecule has 5 heteroatoms. The van der Waals surface area contributed by atoms with E-state index in [1.54, 1.807) is 11.3 Å². The van der Waals surface area contributed by atoms with Crippen molar-refractivity contribution in [2.45, 2.75) is 53.1 Å². The van der Waals surface area contributed by atoms with Gasteiger partial charge in [-0.05, 0) is 47.8 Å². The molecule has 1 amide bonds. The van der Waals surface area contributed by atoms with Crippen LogP contribution >= 0.6 is 11.3 Å². The summed E-state index contributed by atoms with van der Waals surface area (Å²) < 4.78 is 0. The predicted molar refractivity (Wildman–Crippen MR) is 110 cm³/mol. The minimum Gasteiger partial charge on any atom is -0.352 e. The van der Waals surface area contributed by atoms with Crippen molar-refractivity contribution >= 4 is 17.2 Å². The van der Waals surface area contributed by atoms with Crippen LogP contribution in [0.25, 0.3) is 0 Å². The molecule has 1 fully saturated rings. The van der Waals surface area contributed by atoms with Gasteiger partial charge in [0.2, 0.25) is 0 Å². The fourth-order valence-corrected chi connectivity index (χ4v) is 5.05. The highest BCUT2D eigenvalue weighted by atomic mass is 32.1. The lowest BCUT2D eigenvalue weighted by Crippen LogP contribution is -2.32. The normalized spacial score (nSPS) is 20.9. The molecular weight excluding hydrogens is 354 g/mol. The summed E-state index contributed by atoms with van der Waals surface area (Å²) in [5, 5.41) is 5.21. The van der Waals surface area contributed by atoms with Gasteiger partial charge >= 0.3 is 0 Å². The second-order valence-electron chi connectivity index (χ2n) is 8.62. The number of aryl methyl sites for hydroxylation is 1. The lowest BCUT2D eigenvalue weighted by molar-refractivity contribution is 0.0949. The number of hydrogen-bond acceptors (Lipinski definition) is 4. The highest BCUT2D eigenvalue weighted by Gasteiger charge is 2.45. The molecule has 4 nitrogen and oxygen atoms in total. The molecule has 144 valence electrons. The Morgan fingerprint density at radius 1 is 1.41 bits per heavy atom. The van der Waals surface area contributed by atoms with Gasteiger partial charge < -0.3 is 5.32 Å². The molecule has 1 aliphatic heterocycles. The maximum Gasteiger partial charge on any atom is 0.252 e. The number of fused-ring (bicyclic) bond motifs is 1. The van der Waals surface area contributed by atoms with Gasteiger partial charge in [-0.2, -0.15) is 0 Å². The number of carbonyl (C=O) groups is 1. The van der Waals surface area contributed by atoms with Gasteiger partial charge in [-0.3, -0.25) is 14.7 Å². The summed E-state index contributed by atoms with van der Waals surface area (Å²) >= 11 is 1.73. The first-order valence-electron chi connectivity index (χ1n) is 10.00. The smallest absolute Gasteiger partial charge is 0.252 e. The zero-order chi connectivity index (χ0) is 19.0. The van der Waals surface area contributed by atoms with Gasteiger partial charge in [0.15, 0.2) is 0 Å². The average molecular weight is 384 g/mol. The second-order valence-corrected chi connectivity index (χ2v) is 9.59. The monoisotopic (exact) mass is 383 g/mol. The third-order valence-electron chi connectivity index (χ3n) is 6.18. The molecule has 0 saturated heterocycles. The van der Waals surface area contributed by atoms with E-state index in [9.17, 15) is 4.79 Å². The first-order valence-corrected chi connectivity index (χ1v) is 10.9. The molecule has 2 aromatic heterocycles. The highest BCUT2D eigenvalue weighted by Crippen LogP contribution is 2.51. The van der Waals surface area contributed by atoms with Crippen LogP contribution in [0, 0.1) is 11.3 Å². The third kappa shape index (κ3) is 4.09. The molecule has 4 rings (SSSR count). The fourth-order valence-electron chi connectivity index (χ4n) is 3.93. The van der Waals surface area contributed by atoms with Crippen LogP contribution in [0.4, 0.5) is 0 Å². The van der Waals surface area contributed by atoms with E-state index in [-0.39, 0.29) is 5.91 Å². The Morgan fingerprint density at radius 2 is 2.22 bits per heavy atom. The molecule has 0 spiro atoms. The molecule has 27 heavy (non-hydrogen) atoms. The number of amides is 1. The predicted octanol–water partition coefficient (Wildman–Crippen LogP) is 4.04. The average Bonchev–Trinajstić information content (AvgIpc) is 3.08. The Hall–Kier alpha value is -1.72. The van der Waals surface area contributed by atoms with Crippen molar-refractivity contribution in [2.24, 2.45) is 11.3 Å². The van der Waals surface area contributed by atoms with E-state index in [4.69, 9.17) is 0 Å². The lowest BCUT2D eigenvalue weighted by atomic mass is 10.0. The molecule has 2 aromatic rings. The van der Waals surface area contributed by atoms with Crippen molar-refractivity contribution in [3.8, 4) is 0 Å². The summed E-state index contributed by atoms with van der Waals surface area (Å²) in [7, 11) is 0. The van der Waals surface area contributed by atoms with E-state index in [0.29, 0.717) is 11.3 Å². The Kier molecular flexibility index (Phi) is 5.08. The third-order valence-corrected chi connectivity index (χ3v) is 7.19. The van der Waals surface area contributed by atoms with E-state index in [1.807, 2.05) is 6.20 Å². The van der Waals surface area contributed by atoms with Crippen LogP contribution < -0.4 is 5.32 Å². The topological polar surface area (TPSA) is 45.2 Å². The molecule has 1 saturated carbocycles. The van der Waals surface area contributed by atoms with Gasteiger partial charge in [-0.25, -0.2) is 0 Å². The quantitative estimate of drug-likeness (QED) is 0.819. The number of rotatable bonds is 6. The highest BCUT2D eigenvalue weighted by molar-refractivity contribution is 7.10. The number of pyridine rings is 1. The van der Waals surface area contributed by atoms with Gasteiger partial charge in [-0.15, -0.1) is 11.3 Å². The molecule has 3 heterocycles. The molecule has 2 aliphatic rings. The van der Waals surface area contributed by atoms with Crippen molar-refractivity contribution in [1.29, 1.82) is 0 Å². The van der Waals surface area contributed by atoms with Crippen molar-refractivity contribution in [3.05, 3.63) is 51.0 Å². The van der Waals surface area contributed by atoms with Gasteiger partial charge in [0.05, 0.1) is 11.3 Å². The molecule has 0 bridgehead atoms. The summed E-state index contributed by atoms with van der Waals surface area (Å²) in [6.07, 6.45) is 5.18. The minimum atomic E-state index is 0.112. The number of aromatic nitrogens is 1. The van der Waals surface area contributed by atoms with Crippen LogP contribution in [0.1, 0.15) is 59.2 Å². The molecular formula is C22H29N3OS. The number of hydrogen-bond donors (Lipinski definition) is 1. The molecule has 0 unspecified atom stereocenters. The zero-order valence-electron chi connectivity index (χ0n) is 16.5. The summed E-state index contributed by atoms with van der Waals surface area (Å²) in [5.41, 5.74) is 4.97. The van der Waals surface area contributed by atoms with Crippen molar-refractivity contribution in [2.75, 3.05) is 13.1 Å². The maximum atomic E-state index is 12.6.